The van der Waals surface area contributed by atoms with Crippen molar-refractivity contribution in [2.45, 2.75) is 82.7 Å². The highest BCUT2D eigenvalue weighted by Gasteiger charge is 2.57. The van der Waals surface area contributed by atoms with E-state index in [0.717, 1.165) is 76.8 Å². The molecule has 0 aromatic heterocycles. The molecule has 1 heterocycles. The zero-order chi connectivity index (χ0) is 21.9. The number of aryl methyl sites for hydroxylation is 1. The first-order valence-electron chi connectivity index (χ1n) is 13.1. The Labute approximate surface area is 192 Å². The lowest BCUT2D eigenvalue weighted by molar-refractivity contribution is -0.129. The van der Waals surface area contributed by atoms with Crippen LogP contribution in [-0.4, -0.2) is 36.3 Å². The van der Waals surface area contributed by atoms with Crippen molar-refractivity contribution >= 4 is 5.78 Å². The molecule has 4 aliphatic carbocycles. The SMILES string of the molecule is C[C@]12CC[C@@H]3c4ccc(OCC[C@H]5C[C@@]5(O)C5CCOCC5)cc4CC[C@H]3[C@@H]1CCC2=O. The monoisotopic (exact) mass is 438 g/mol. The number of ketones is 1. The molecule has 0 amide bonds. The van der Waals surface area contributed by atoms with Crippen LogP contribution >= 0.6 is 0 Å². The quantitative estimate of drug-likeness (QED) is 0.698. The zero-order valence-electron chi connectivity index (χ0n) is 19.5. The van der Waals surface area contributed by atoms with Gasteiger partial charge in [0, 0.05) is 25.0 Å². The van der Waals surface area contributed by atoms with Gasteiger partial charge in [-0.05, 0) is 111 Å². The van der Waals surface area contributed by atoms with Gasteiger partial charge in [-0.25, -0.2) is 0 Å². The Morgan fingerprint density at radius 2 is 1.97 bits per heavy atom. The van der Waals surface area contributed by atoms with Gasteiger partial charge in [0.25, 0.3) is 0 Å². The lowest BCUT2D eigenvalue weighted by Gasteiger charge is -2.48. The van der Waals surface area contributed by atoms with E-state index in [2.05, 4.69) is 25.1 Å². The molecule has 1 N–H and O–H groups in total. The molecule has 32 heavy (non-hydrogen) atoms. The molecule has 6 rings (SSSR count). The summed E-state index contributed by atoms with van der Waals surface area (Å²) >= 11 is 0. The molecular weight excluding hydrogens is 400 g/mol. The number of rotatable bonds is 5. The second-order valence-electron chi connectivity index (χ2n) is 11.6. The van der Waals surface area contributed by atoms with Crippen molar-refractivity contribution in [3.05, 3.63) is 29.3 Å². The van der Waals surface area contributed by atoms with Gasteiger partial charge in [0.15, 0.2) is 0 Å². The minimum Gasteiger partial charge on any atom is -0.494 e. The summed E-state index contributed by atoms with van der Waals surface area (Å²) in [5, 5.41) is 10.9. The number of Topliss-reactive ketones (excluding diaryl/α,β-unsaturated/α-hetero) is 1. The fraction of sp³-hybridized carbons (Fsp3) is 0.750. The Morgan fingerprint density at radius 3 is 2.81 bits per heavy atom. The van der Waals surface area contributed by atoms with Crippen LogP contribution in [0.15, 0.2) is 18.2 Å². The van der Waals surface area contributed by atoms with Gasteiger partial charge >= 0.3 is 0 Å². The summed E-state index contributed by atoms with van der Waals surface area (Å²) in [7, 11) is 0. The Kier molecular flexibility index (Phi) is 5.18. The summed E-state index contributed by atoms with van der Waals surface area (Å²) < 4.78 is 11.6. The third-order valence-corrected chi connectivity index (χ3v) is 10.2. The number of aliphatic hydroxyl groups is 1. The van der Waals surface area contributed by atoms with Crippen molar-refractivity contribution in [3.8, 4) is 5.75 Å². The summed E-state index contributed by atoms with van der Waals surface area (Å²) in [4.78, 5) is 12.5. The van der Waals surface area contributed by atoms with E-state index in [1.807, 2.05) is 0 Å². The third-order valence-electron chi connectivity index (χ3n) is 10.2. The average molecular weight is 439 g/mol. The van der Waals surface area contributed by atoms with Gasteiger partial charge in [0.05, 0.1) is 12.2 Å². The summed E-state index contributed by atoms with van der Waals surface area (Å²) in [6.07, 6.45) is 10.3. The Bertz CT molecular complexity index is 889. The second kappa shape index (κ2) is 7.84. The molecule has 1 aliphatic heterocycles. The maximum atomic E-state index is 12.5. The maximum absolute atomic E-state index is 12.5. The topological polar surface area (TPSA) is 55.8 Å². The smallest absolute Gasteiger partial charge is 0.139 e. The zero-order valence-corrected chi connectivity index (χ0v) is 19.5. The van der Waals surface area contributed by atoms with Crippen LogP contribution in [0.4, 0.5) is 0 Å². The van der Waals surface area contributed by atoms with Crippen molar-refractivity contribution in [2.24, 2.45) is 29.1 Å². The Balaban J connectivity index is 1.07. The number of fused-ring (bicyclic) bond motifs is 5. The first-order chi connectivity index (χ1) is 15.5. The molecule has 5 aliphatic rings. The van der Waals surface area contributed by atoms with E-state index in [1.54, 1.807) is 0 Å². The van der Waals surface area contributed by atoms with E-state index in [4.69, 9.17) is 9.47 Å². The molecule has 1 saturated heterocycles. The van der Waals surface area contributed by atoms with E-state index < -0.39 is 5.60 Å². The molecule has 1 aromatic carbocycles. The van der Waals surface area contributed by atoms with Crippen LogP contribution in [-0.2, 0) is 16.0 Å². The van der Waals surface area contributed by atoms with Crippen LogP contribution in [0, 0.1) is 29.1 Å². The number of ether oxygens (including phenoxy) is 2. The molecule has 0 unspecified atom stereocenters. The minimum absolute atomic E-state index is 0.0445. The van der Waals surface area contributed by atoms with Crippen molar-refractivity contribution in [1.29, 1.82) is 0 Å². The van der Waals surface area contributed by atoms with E-state index >= 15 is 0 Å². The summed E-state index contributed by atoms with van der Waals surface area (Å²) in [6.45, 7) is 4.52. The van der Waals surface area contributed by atoms with Crippen LogP contribution in [0.25, 0.3) is 0 Å². The van der Waals surface area contributed by atoms with Gasteiger partial charge in [-0.3, -0.25) is 4.79 Å². The van der Waals surface area contributed by atoms with E-state index in [1.165, 1.54) is 17.5 Å². The summed E-state index contributed by atoms with van der Waals surface area (Å²) in [5.41, 5.74) is 2.47. The highest BCUT2D eigenvalue weighted by atomic mass is 16.5. The first kappa shape index (κ1) is 21.2. The molecule has 0 spiro atoms. The summed E-state index contributed by atoms with van der Waals surface area (Å²) in [5.74, 6) is 4.19. The lowest BCUT2D eigenvalue weighted by Crippen LogP contribution is -2.42. The van der Waals surface area contributed by atoms with E-state index in [-0.39, 0.29) is 5.41 Å². The van der Waals surface area contributed by atoms with Crippen LogP contribution in [0.1, 0.15) is 81.8 Å². The van der Waals surface area contributed by atoms with Crippen LogP contribution in [0.3, 0.4) is 0 Å². The summed E-state index contributed by atoms with van der Waals surface area (Å²) in [6, 6.07) is 6.75. The molecular formula is C28H38O4. The predicted octanol–water partition coefficient (Wildman–Crippen LogP) is 5.06. The number of hydrogen-bond acceptors (Lipinski definition) is 4. The van der Waals surface area contributed by atoms with Gasteiger partial charge in [-0.1, -0.05) is 13.0 Å². The van der Waals surface area contributed by atoms with Gasteiger partial charge < -0.3 is 14.6 Å². The van der Waals surface area contributed by atoms with Gasteiger partial charge in [-0.2, -0.15) is 0 Å². The molecule has 174 valence electrons. The third kappa shape index (κ3) is 3.36. The fourth-order valence-corrected chi connectivity index (χ4v) is 8.12. The molecule has 4 nitrogen and oxygen atoms in total. The van der Waals surface area contributed by atoms with Crippen molar-refractivity contribution in [2.75, 3.05) is 19.8 Å². The van der Waals surface area contributed by atoms with Gasteiger partial charge in [0.1, 0.15) is 11.5 Å². The highest BCUT2D eigenvalue weighted by molar-refractivity contribution is 5.87. The highest BCUT2D eigenvalue weighted by Crippen LogP contribution is 2.59. The molecule has 4 heteroatoms. The molecule has 0 radical (unpaired) electrons. The van der Waals surface area contributed by atoms with Gasteiger partial charge in [-0.15, -0.1) is 0 Å². The Hall–Kier alpha value is -1.39. The van der Waals surface area contributed by atoms with Crippen molar-refractivity contribution in [1.82, 2.24) is 0 Å². The lowest BCUT2D eigenvalue weighted by atomic mass is 9.55. The standard InChI is InChI=1S/C28H38O4/c1-27-12-8-23-22-5-3-21(16-18(22)2-4-24(23)25(27)6-7-26(27)29)32-15-11-20-17-28(20,30)19-9-13-31-14-10-19/h3,5,16,19-20,23-25,30H,2,4,6-15,17H2,1H3/t20-,23+,24+,25-,27-,28+/m0/s1. The molecule has 6 atom stereocenters. The largest absolute Gasteiger partial charge is 0.494 e. The predicted molar refractivity (Wildman–Crippen MR) is 123 cm³/mol. The van der Waals surface area contributed by atoms with Crippen LogP contribution < -0.4 is 4.74 Å². The molecule has 4 fully saturated rings. The van der Waals surface area contributed by atoms with Gasteiger partial charge in [0.2, 0.25) is 0 Å². The van der Waals surface area contributed by atoms with Crippen LogP contribution in [0.5, 0.6) is 5.75 Å². The molecule has 1 aromatic rings. The average Bonchev–Trinajstić information content (AvgIpc) is 3.38. The second-order valence-corrected chi connectivity index (χ2v) is 11.6. The fourth-order valence-electron chi connectivity index (χ4n) is 8.12. The normalized spacial score (nSPS) is 41.0. The minimum atomic E-state index is -0.463. The maximum Gasteiger partial charge on any atom is 0.139 e. The number of hydrogen-bond donors (Lipinski definition) is 1. The van der Waals surface area contributed by atoms with Crippen LogP contribution in [0.2, 0.25) is 0 Å². The van der Waals surface area contributed by atoms with E-state index in [0.29, 0.717) is 42.0 Å². The molecule has 3 saturated carbocycles. The number of carbonyl (C=O) groups excluding carboxylic acids is 1. The molecule has 0 bridgehead atoms. The van der Waals surface area contributed by atoms with E-state index in [9.17, 15) is 9.90 Å². The van der Waals surface area contributed by atoms with Crippen molar-refractivity contribution in [3.63, 3.8) is 0 Å². The first-order valence-corrected chi connectivity index (χ1v) is 13.1. The number of carbonyl (C=O) groups is 1. The number of benzene rings is 1. The Morgan fingerprint density at radius 1 is 1.12 bits per heavy atom. The van der Waals surface area contributed by atoms with Crippen molar-refractivity contribution < 1.29 is 19.4 Å².